The van der Waals surface area contributed by atoms with Crippen LogP contribution in [-0.4, -0.2) is 35.4 Å². The van der Waals surface area contributed by atoms with Gasteiger partial charge in [-0.3, -0.25) is 4.79 Å². The fraction of sp³-hybridized carbons (Fsp3) is 0.571. The van der Waals surface area contributed by atoms with Gasteiger partial charge in [0.05, 0.1) is 5.56 Å². The SMILES string of the molecule is CNc1ncccc1C(=O)N(CC(C)C)C(C)C. The molecule has 1 rings (SSSR count). The summed E-state index contributed by atoms with van der Waals surface area (Å²) in [6.07, 6.45) is 1.69. The van der Waals surface area contributed by atoms with E-state index in [-0.39, 0.29) is 11.9 Å². The summed E-state index contributed by atoms with van der Waals surface area (Å²) in [6.45, 7) is 9.07. The van der Waals surface area contributed by atoms with Crippen molar-refractivity contribution in [3.8, 4) is 0 Å². The van der Waals surface area contributed by atoms with Crippen LogP contribution in [0.15, 0.2) is 18.3 Å². The van der Waals surface area contributed by atoms with Crippen LogP contribution < -0.4 is 5.32 Å². The summed E-state index contributed by atoms with van der Waals surface area (Å²) >= 11 is 0. The monoisotopic (exact) mass is 249 g/mol. The van der Waals surface area contributed by atoms with E-state index in [1.165, 1.54) is 0 Å². The molecule has 1 heterocycles. The number of hydrogen-bond donors (Lipinski definition) is 1. The highest BCUT2D eigenvalue weighted by molar-refractivity contribution is 5.98. The van der Waals surface area contributed by atoms with Crippen LogP contribution in [0.1, 0.15) is 38.1 Å². The Morgan fingerprint density at radius 2 is 2.06 bits per heavy atom. The van der Waals surface area contributed by atoms with Gasteiger partial charge in [-0.15, -0.1) is 0 Å². The van der Waals surface area contributed by atoms with Crippen LogP contribution in [0.4, 0.5) is 5.82 Å². The molecular formula is C14H23N3O. The second kappa shape index (κ2) is 6.38. The summed E-state index contributed by atoms with van der Waals surface area (Å²) < 4.78 is 0. The van der Waals surface area contributed by atoms with Crippen LogP contribution in [-0.2, 0) is 0 Å². The van der Waals surface area contributed by atoms with Gasteiger partial charge in [-0.05, 0) is 31.9 Å². The maximum absolute atomic E-state index is 12.5. The molecule has 0 aliphatic heterocycles. The van der Waals surface area contributed by atoms with Crippen molar-refractivity contribution in [2.45, 2.75) is 33.7 Å². The van der Waals surface area contributed by atoms with Gasteiger partial charge in [-0.25, -0.2) is 4.98 Å². The van der Waals surface area contributed by atoms with Crippen molar-refractivity contribution in [3.63, 3.8) is 0 Å². The minimum Gasteiger partial charge on any atom is -0.372 e. The normalized spacial score (nSPS) is 10.8. The zero-order chi connectivity index (χ0) is 13.7. The number of rotatable bonds is 5. The van der Waals surface area contributed by atoms with Crippen LogP contribution in [0, 0.1) is 5.92 Å². The maximum Gasteiger partial charge on any atom is 0.257 e. The summed E-state index contributed by atoms with van der Waals surface area (Å²) in [5, 5.41) is 2.96. The van der Waals surface area contributed by atoms with Gasteiger partial charge in [0.2, 0.25) is 0 Å². The molecule has 1 aromatic rings. The van der Waals surface area contributed by atoms with Crippen LogP contribution in [0.25, 0.3) is 0 Å². The van der Waals surface area contributed by atoms with Crippen LogP contribution in [0.2, 0.25) is 0 Å². The Morgan fingerprint density at radius 1 is 1.39 bits per heavy atom. The largest absolute Gasteiger partial charge is 0.372 e. The lowest BCUT2D eigenvalue weighted by Crippen LogP contribution is -2.39. The van der Waals surface area contributed by atoms with Crippen molar-refractivity contribution in [2.24, 2.45) is 5.92 Å². The first-order valence-electron chi connectivity index (χ1n) is 6.41. The fourth-order valence-corrected chi connectivity index (χ4v) is 1.85. The van der Waals surface area contributed by atoms with E-state index in [1.54, 1.807) is 19.3 Å². The summed E-state index contributed by atoms with van der Waals surface area (Å²) in [4.78, 5) is 18.6. The second-order valence-electron chi connectivity index (χ2n) is 5.09. The zero-order valence-corrected chi connectivity index (χ0v) is 11.9. The third kappa shape index (κ3) is 3.45. The Labute approximate surface area is 109 Å². The molecule has 0 aromatic carbocycles. The van der Waals surface area contributed by atoms with Gasteiger partial charge in [0.25, 0.3) is 5.91 Å². The zero-order valence-electron chi connectivity index (χ0n) is 11.9. The Balaban J connectivity index is 3.02. The summed E-state index contributed by atoms with van der Waals surface area (Å²) in [5.74, 6) is 1.12. The van der Waals surface area contributed by atoms with Crippen LogP contribution >= 0.6 is 0 Å². The van der Waals surface area contributed by atoms with Crippen LogP contribution in [0.3, 0.4) is 0 Å². The number of nitrogens with one attached hydrogen (secondary N) is 1. The summed E-state index contributed by atoms with van der Waals surface area (Å²) in [5.41, 5.74) is 0.634. The highest BCUT2D eigenvalue weighted by Crippen LogP contribution is 2.16. The Kier molecular flexibility index (Phi) is 5.13. The first-order valence-corrected chi connectivity index (χ1v) is 6.41. The van der Waals surface area contributed by atoms with Gasteiger partial charge in [0.1, 0.15) is 5.82 Å². The Hall–Kier alpha value is -1.58. The second-order valence-corrected chi connectivity index (χ2v) is 5.09. The number of aromatic nitrogens is 1. The topological polar surface area (TPSA) is 45.2 Å². The van der Waals surface area contributed by atoms with E-state index in [9.17, 15) is 4.79 Å². The molecule has 4 heteroatoms. The molecule has 1 N–H and O–H groups in total. The third-order valence-corrected chi connectivity index (χ3v) is 2.72. The van der Waals surface area contributed by atoms with Crippen molar-refractivity contribution in [3.05, 3.63) is 23.9 Å². The quantitative estimate of drug-likeness (QED) is 0.872. The molecule has 1 amide bonds. The average Bonchev–Trinajstić information content (AvgIpc) is 2.34. The van der Waals surface area contributed by atoms with E-state index < -0.39 is 0 Å². The number of pyridine rings is 1. The lowest BCUT2D eigenvalue weighted by atomic mass is 10.1. The van der Waals surface area contributed by atoms with Gasteiger partial charge < -0.3 is 10.2 Å². The van der Waals surface area contributed by atoms with Gasteiger partial charge in [-0.1, -0.05) is 13.8 Å². The van der Waals surface area contributed by atoms with E-state index in [4.69, 9.17) is 0 Å². The minimum absolute atomic E-state index is 0.0381. The number of amides is 1. The molecule has 18 heavy (non-hydrogen) atoms. The molecule has 0 saturated heterocycles. The van der Waals surface area contributed by atoms with Crippen molar-refractivity contribution in [2.75, 3.05) is 18.9 Å². The third-order valence-electron chi connectivity index (χ3n) is 2.72. The number of carbonyl (C=O) groups excluding carboxylic acids is 1. The van der Waals surface area contributed by atoms with E-state index in [1.807, 2.05) is 24.8 Å². The molecule has 0 saturated carbocycles. The molecule has 0 radical (unpaired) electrons. The Morgan fingerprint density at radius 3 is 2.56 bits per heavy atom. The minimum atomic E-state index is 0.0381. The molecule has 1 aromatic heterocycles. The standard InChI is InChI=1S/C14H23N3O/c1-10(2)9-17(11(3)4)14(18)12-7-6-8-16-13(12)15-5/h6-8,10-11H,9H2,1-5H3,(H,15,16). The smallest absolute Gasteiger partial charge is 0.257 e. The molecule has 0 aliphatic carbocycles. The van der Waals surface area contributed by atoms with E-state index in [0.717, 1.165) is 6.54 Å². The molecule has 0 atom stereocenters. The average molecular weight is 249 g/mol. The van der Waals surface area contributed by atoms with Crippen molar-refractivity contribution >= 4 is 11.7 Å². The first-order chi connectivity index (χ1) is 8.47. The molecule has 0 unspecified atom stereocenters. The molecule has 0 bridgehead atoms. The lowest BCUT2D eigenvalue weighted by Gasteiger charge is -2.29. The number of nitrogens with zero attached hydrogens (tertiary/aromatic N) is 2. The van der Waals surface area contributed by atoms with E-state index >= 15 is 0 Å². The molecule has 0 spiro atoms. The Bertz CT molecular complexity index is 402. The van der Waals surface area contributed by atoms with Crippen LogP contribution in [0.5, 0.6) is 0 Å². The summed E-state index contributed by atoms with van der Waals surface area (Å²) in [6, 6.07) is 3.79. The van der Waals surface area contributed by atoms with Gasteiger partial charge in [0, 0.05) is 25.8 Å². The van der Waals surface area contributed by atoms with Gasteiger partial charge >= 0.3 is 0 Å². The predicted octanol–water partition coefficient (Wildman–Crippen LogP) is 2.63. The maximum atomic E-state index is 12.5. The fourth-order valence-electron chi connectivity index (χ4n) is 1.85. The lowest BCUT2D eigenvalue weighted by molar-refractivity contribution is 0.0682. The van der Waals surface area contributed by atoms with E-state index in [2.05, 4.69) is 24.1 Å². The van der Waals surface area contributed by atoms with Gasteiger partial charge in [-0.2, -0.15) is 0 Å². The molecule has 0 aliphatic rings. The number of anilines is 1. The van der Waals surface area contributed by atoms with Gasteiger partial charge in [0.15, 0.2) is 0 Å². The molecular weight excluding hydrogens is 226 g/mol. The molecule has 0 fully saturated rings. The van der Waals surface area contributed by atoms with Crippen molar-refractivity contribution in [1.29, 1.82) is 0 Å². The highest BCUT2D eigenvalue weighted by Gasteiger charge is 2.22. The number of carbonyl (C=O) groups is 1. The number of hydrogen-bond acceptors (Lipinski definition) is 3. The predicted molar refractivity (Wildman–Crippen MR) is 74.8 cm³/mol. The molecule has 4 nitrogen and oxygen atoms in total. The summed E-state index contributed by atoms with van der Waals surface area (Å²) in [7, 11) is 1.78. The first kappa shape index (κ1) is 14.5. The molecule has 100 valence electrons. The van der Waals surface area contributed by atoms with Crippen molar-refractivity contribution < 1.29 is 4.79 Å². The highest BCUT2D eigenvalue weighted by atomic mass is 16.2. The van der Waals surface area contributed by atoms with Crippen molar-refractivity contribution in [1.82, 2.24) is 9.88 Å². The van der Waals surface area contributed by atoms with E-state index in [0.29, 0.717) is 17.3 Å².